The summed E-state index contributed by atoms with van der Waals surface area (Å²) >= 11 is 0. The van der Waals surface area contributed by atoms with Gasteiger partial charge in [-0.15, -0.1) is 0 Å². The van der Waals surface area contributed by atoms with E-state index >= 15 is 0 Å². The average molecular weight is 275 g/mol. The molecule has 1 aromatic carbocycles. The Hall–Kier alpha value is -1.35. The molecule has 0 heterocycles. The summed E-state index contributed by atoms with van der Waals surface area (Å²) in [7, 11) is 2.20. The molecule has 0 aromatic heterocycles. The molecule has 1 saturated carbocycles. The zero-order valence-electron chi connectivity index (χ0n) is 12.5. The van der Waals surface area contributed by atoms with Crippen LogP contribution in [0.1, 0.15) is 43.7 Å². The van der Waals surface area contributed by atoms with Crippen molar-refractivity contribution in [3.8, 4) is 0 Å². The molecule has 0 radical (unpaired) electrons. The van der Waals surface area contributed by atoms with E-state index in [-0.39, 0.29) is 6.42 Å². The van der Waals surface area contributed by atoms with Crippen LogP contribution in [0, 0.1) is 5.92 Å². The monoisotopic (exact) mass is 275 g/mol. The Kier molecular flexibility index (Phi) is 5.18. The Balaban J connectivity index is 1.87. The van der Waals surface area contributed by atoms with Crippen molar-refractivity contribution in [3.05, 3.63) is 35.4 Å². The normalized spacial score (nSPS) is 22.9. The second kappa shape index (κ2) is 6.89. The molecule has 1 aliphatic carbocycles. The van der Waals surface area contributed by atoms with Gasteiger partial charge in [-0.3, -0.25) is 9.69 Å². The van der Waals surface area contributed by atoms with Gasteiger partial charge in [0, 0.05) is 12.6 Å². The highest BCUT2D eigenvalue weighted by Crippen LogP contribution is 2.27. The first kappa shape index (κ1) is 15.0. The van der Waals surface area contributed by atoms with Gasteiger partial charge >= 0.3 is 5.97 Å². The van der Waals surface area contributed by atoms with Crippen LogP contribution in [0.5, 0.6) is 0 Å². The Morgan fingerprint density at radius 1 is 1.15 bits per heavy atom. The molecule has 20 heavy (non-hydrogen) atoms. The summed E-state index contributed by atoms with van der Waals surface area (Å²) in [6.07, 6.45) is 5.39. The zero-order chi connectivity index (χ0) is 14.5. The van der Waals surface area contributed by atoms with Crippen molar-refractivity contribution in [2.75, 3.05) is 7.05 Å². The number of nitrogens with zero attached hydrogens (tertiary/aromatic N) is 1. The van der Waals surface area contributed by atoms with Gasteiger partial charge in [-0.05, 0) is 49.8 Å². The summed E-state index contributed by atoms with van der Waals surface area (Å²) in [6, 6.07) is 8.67. The minimum Gasteiger partial charge on any atom is -0.481 e. The maximum Gasteiger partial charge on any atom is 0.307 e. The quantitative estimate of drug-likeness (QED) is 0.896. The van der Waals surface area contributed by atoms with Crippen molar-refractivity contribution >= 4 is 5.97 Å². The molecule has 1 aromatic rings. The van der Waals surface area contributed by atoms with E-state index in [9.17, 15) is 4.79 Å². The standard InChI is InChI=1S/C17H25NO2/c1-13-3-9-16(10-4-13)18(2)12-15-7-5-14(6-8-15)11-17(19)20/h5-8,13,16H,3-4,9-12H2,1-2H3,(H,19,20). The lowest BCUT2D eigenvalue weighted by Crippen LogP contribution is -2.34. The van der Waals surface area contributed by atoms with Crippen LogP contribution in [-0.2, 0) is 17.8 Å². The smallest absolute Gasteiger partial charge is 0.307 e. The molecular formula is C17H25NO2. The lowest BCUT2D eigenvalue weighted by molar-refractivity contribution is -0.136. The topological polar surface area (TPSA) is 40.5 Å². The number of hydrogen-bond donors (Lipinski definition) is 1. The van der Waals surface area contributed by atoms with E-state index < -0.39 is 5.97 Å². The molecule has 3 heteroatoms. The molecule has 0 saturated heterocycles. The molecule has 3 nitrogen and oxygen atoms in total. The Morgan fingerprint density at radius 3 is 2.25 bits per heavy atom. The van der Waals surface area contributed by atoms with Crippen LogP contribution in [0.3, 0.4) is 0 Å². The van der Waals surface area contributed by atoms with Crippen molar-refractivity contribution in [2.45, 2.75) is 51.6 Å². The number of rotatable bonds is 5. The van der Waals surface area contributed by atoms with Gasteiger partial charge in [0.2, 0.25) is 0 Å². The van der Waals surface area contributed by atoms with Gasteiger partial charge in [0.25, 0.3) is 0 Å². The molecule has 0 unspecified atom stereocenters. The first-order valence-electron chi connectivity index (χ1n) is 7.54. The van der Waals surface area contributed by atoms with E-state index in [1.54, 1.807) is 0 Å². The van der Waals surface area contributed by atoms with Crippen LogP contribution >= 0.6 is 0 Å². The van der Waals surface area contributed by atoms with Crippen LogP contribution in [-0.4, -0.2) is 29.1 Å². The minimum absolute atomic E-state index is 0.108. The van der Waals surface area contributed by atoms with Crippen molar-refractivity contribution < 1.29 is 9.90 Å². The van der Waals surface area contributed by atoms with Crippen LogP contribution in [0.2, 0.25) is 0 Å². The van der Waals surface area contributed by atoms with Crippen molar-refractivity contribution in [2.24, 2.45) is 5.92 Å². The predicted molar refractivity (Wildman–Crippen MR) is 80.7 cm³/mol. The molecule has 0 atom stereocenters. The number of aliphatic carboxylic acids is 1. The van der Waals surface area contributed by atoms with Crippen molar-refractivity contribution in [3.63, 3.8) is 0 Å². The number of carboxylic acid groups (broad SMARTS) is 1. The van der Waals surface area contributed by atoms with Gasteiger partial charge in [0.1, 0.15) is 0 Å². The lowest BCUT2D eigenvalue weighted by atomic mass is 9.86. The molecule has 110 valence electrons. The predicted octanol–water partition coefficient (Wildman–Crippen LogP) is 3.32. The first-order valence-corrected chi connectivity index (χ1v) is 7.54. The molecule has 0 bridgehead atoms. The molecular weight excluding hydrogens is 250 g/mol. The van der Waals surface area contributed by atoms with E-state index in [1.807, 2.05) is 12.1 Å². The molecule has 0 aliphatic heterocycles. The maximum atomic E-state index is 10.7. The number of benzene rings is 1. The average Bonchev–Trinajstić information content (AvgIpc) is 2.41. The summed E-state index contributed by atoms with van der Waals surface area (Å²) < 4.78 is 0. The largest absolute Gasteiger partial charge is 0.481 e. The zero-order valence-corrected chi connectivity index (χ0v) is 12.5. The molecule has 1 N–H and O–H groups in total. The molecule has 1 aliphatic rings. The highest BCUT2D eigenvalue weighted by Gasteiger charge is 2.21. The van der Waals surface area contributed by atoms with E-state index in [4.69, 9.17) is 5.11 Å². The summed E-state index contributed by atoms with van der Waals surface area (Å²) in [5.41, 5.74) is 2.13. The summed E-state index contributed by atoms with van der Waals surface area (Å²) in [5.74, 6) is 0.112. The second-order valence-electron chi connectivity index (χ2n) is 6.22. The molecule has 2 rings (SSSR count). The molecule has 1 fully saturated rings. The fraction of sp³-hybridized carbons (Fsp3) is 0.588. The third-order valence-electron chi connectivity index (χ3n) is 4.42. The fourth-order valence-corrected chi connectivity index (χ4v) is 3.04. The van der Waals surface area contributed by atoms with E-state index in [0.29, 0.717) is 6.04 Å². The van der Waals surface area contributed by atoms with Crippen LogP contribution in [0.15, 0.2) is 24.3 Å². The van der Waals surface area contributed by atoms with Gasteiger partial charge in [-0.1, -0.05) is 31.2 Å². The van der Waals surface area contributed by atoms with Gasteiger partial charge < -0.3 is 5.11 Å². The third-order valence-corrected chi connectivity index (χ3v) is 4.42. The third kappa shape index (κ3) is 4.34. The Bertz CT molecular complexity index is 433. The summed E-state index contributed by atoms with van der Waals surface area (Å²) in [4.78, 5) is 13.1. The van der Waals surface area contributed by atoms with Gasteiger partial charge in [0.15, 0.2) is 0 Å². The Morgan fingerprint density at radius 2 is 1.70 bits per heavy atom. The molecule has 0 spiro atoms. The van der Waals surface area contributed by atoms with E-state index in [2.05, 4.69) is 31.0 Å². The van der Waals surface area contributed by atoms with Gasteiger partial charge in [0.05, 0.1) is 6.42 Å². The van der Waals surface area contributed by atoms with E-state index in [0.717, 1.165) is 18.0 Å². The second-order valence-corrected chi connectivity index (χ2v) is 6.22. The Labute approximate surface area is 121 Å². The SMILES string of the molecule is CC1CCC(N(C)Cc2ccc(CC(=O)O)cc2)CC1. The number of hydrogen-bond acceptors (Lipinski definition) is 2. The van der Waals surface area contributed by atoms with Crippen LogP contribution in [0.4, 0.5) is 0 Å². The van der Waals surface area contributed by atoms with Gasteiger partial charge in [-0.2, -0.15) is 0 Å². The minimum atomic E-state index is -0.772. The number of carbonyl (C=O) groups is 1. The lowest BCUT2D eigenvalue weighted by Gasteiger charge is -2.33. The molecule has 0 amide bonds. The fourth-order valence-electron chi connectivity index (χ4n) is 3.04. The van der Waals surface area contributed by atoms with Crippen LogP contribution < -0.4 is 0 Å². The summed E-state index contributed by atoms with van der Waals surface area (Å²) in [6.45, 7) is 3.30. The number of carboxylic acids is 1. The first-order chi connectivity index (χ1) is 9.54. The van der Waals surface area contributed by atoms with Gasteiger partial charge in [-0.25, -0.2) is 0 Å². The van der Waals surface area contributed by atoms with Crippen molar-refractivity contribution in [1.29, 1.82) is 0 Å². The highest BCUT2D eigenvalue weighted by molar-refractivity contribution is 5.70. The highest BCUT2D eigenvalue weighted by atomic mass is 16.4. The summed E-state index contributed by atoms with van der Waals surface area (Å²) in [5, 5.41) is 8.76. The van der Waals surface area contributed by atoms with E-state index in [1.165, 1.54) is 31.2 Å². The maximum absolute atomic E-state index is 10.7. The van der Waals surface area contributed by atoms with Crippen LogP contribution in [0.25, 0.3) is 0 Å². The van der Waals surface area contributed by atoms with Crippen molar-refractivity contribution in [1.82, 2.24) is 4.90 Å².